The van der Waals surface area contributed by atoms with Gasteiger partial charge in [-0.2, -0.15) is 0 Å². The van der Waals surface area contributed by atoms with Crippen molar-refractivity contribution in [3.63, 3.8) is 0 Å². The molecule has 0 bridgehead atoms. The van der Waals surface area contributed by atoms with Gasteiger partial charge in [-0.05, 0) is 31.9 Å². The van der Waals surface area contributed by atoms with Crippen molar-refractivity contribution in [2.24, 2.45) is 0 Å². The van der Waals surface area contributed by atoms with Crippen LogP contribution in [0.25, 0.3) is 5.78 Å². The maximum atomic E-state index is 11.8. The van der Waals surface area contributed by atoms with Crippen molar-refractivity contribution >= 4 is 11.7 Å². The summed E-state index contributed by atoms with van der Waals surface area (Å²) in [6.07, 6.45) is 8.75. The maximum absolute atomic E-state index is 11.8. The second-order valence-corrected chi connectivity index (χ2v) is 5.67. The number of aliphatic carboxylic acids is 1. The minimum Gasteiger partial charge on any atom is -0.480 e. The smallest absolute Gasteiger partial charge is 0.324 e. The summed E-state index contributed by atoms with van der Waals surface area (Å²) < 4.78 is 1.87. The van der Waals surface area contributed by atoms with Gasteiger partial charge in [-0.1, -0.05) is 13.3 Å². The van der Waals surface area contributed by atoms with Crippen LogP contribution in [0.1, 0.15) is 38.3 Å². The molecule has 0 saturated carbocycles. The van der Waals surface area contributed by atoms with E-state index in [1.54, 1.807) is 6.20 Å². The number of fused-ring (bicyclic) bond motifs is 1. The summed E-state index contributed by atoms with van der Waals surface area (Å²) in [5, 5.41) is 9.70. The Kier molecular flexibility index (Phi) is 3.63. The Labute approximate surface area is 123 Å². The molecule has 0 spiro atoms. The molecule has 0 aromatic carbocycles. The molecular weight excluding hydrogens is 268 g/mol. The van der Waals surface area contributed by atoms with Crippen molar-refractivity contribution in [3.8, 4) is 0 Å². The normalized spacial score (nSPS) is 22.9. The van der Waals surface area contributed by atoms with E-state index < -0.39 is 11.5 Å². The van der Waals surface area contributed by atoms with Gasteiger partial charge in [0.15, 0.2) is 0 Å². The highest BCUT2D eigenvalue weighted by atomic mass is 16.4. The highest BCUT2D eigenvalue weighted by Gasteiger charge is 2.46. The van der Waals surface area contributed by atoms with Crippen molar-refractivity contribution in [3.05, 3.63) is 30.4 Å². The standard InChI is InChI=1S/C15H20N4O2/c1-2-5-15(13(20)21)6-3-9-19(15)11-12-10-18-8-4-7-16-14(18)17-12/h4,7-8,10H,2-3,5-6,9,11H2,1H3,(H,20,21). The van der Waals surface area contributed by atoms with Crippen molar-refractivity contribution < 1.29 is 9.90 Å². The van der Waals surface area contributed by atoms with Crippen molar-refractivity contribution in [2.75, 3.05) is 6.54 Å². The molecule has 0 amide bonds. The van der Waals surface area contributed by atoms with Gasteiger partial charge >= 0.3 is 5.97 Å². The summed E-state index contributed by atoms with van der Waals surface area (Å²) in [4.78, 5) is 22.6. The first kappa shape index (κ1) is 14.0. The zero-order chi connectivity index (χ0) is 14.9. The van der Waals surface area contributed by atoms with Gasteiger partial charge in [-0.15, -0.1) is 0 Å². The minimum atomic E-state index is -0.724. The molecule has 2 aromatic heterocycles. The molecule has 3 rings (SSSR count). The molecule has 1 atom stereocenters. The second-order valence-electron chi connectivity index (χ2n) is 5.67. The molecule has 2 aromatic rings. The zero-order valence-corrected chi connectivity index (χ0v) is 12.2. The van der Waals surface area contributed by atoms with Crippen molar-refractivity contribution in [1.82, 2.24) is 19.3 Å². The molecule has 1 aliphatic heterocycles. The van der Waals surface area contributed by atoms with Gasteiger partial charge in [-0.25, -0.2) is 9.97 Å². The molecule has 1 fully saturated rings. The Morgan fingerprint density at radius 1 is 1.52 bits per heavy atom. The Morgan fingerprint density at radius 2 is 2.38 bits per heavy atom. The second kappa shape index (κ2) is 5.44. The average molecular weight is 288 g/mol. The van der Waals surface area contributed by atoms with Crippen LogP contribution in [0.3, 0.4) is 0 Å². The van der Waals surface area contributed by atoms with Crippen LogP contribution >= 0.6 is 0 Å². The molecular formula is C15H20N4O2. The summed E-state index contributed by atoms with van der Waals surface area (Å²) >= 11 is 0. The van der Waals surface area contributed by atoms with Crippen LogP contribution in [0.4, 0.5) is 0 Å². The first-order valence-corrected chi connectivity index (χ1v) is 7.43. The molecule has 112 valence electrons. The molecule has 3 heterocycles. The molecule has 0 radical (unpaired) electrons. The Morgan fingerprint density at radius 3 is 3.10 bits per heavy atom. The van der Waals surface area contributed by atoms with E-state index in [1.165, 1.54) is 0 Å². The van der Waals surface area contributed by atoms with Crippen LogP contribution in [0, 0.1) is 0 Å². The van der Waals surface area contributed by atoms with E-state index in [0.29, 0.717) is 18.7 Å². The number of nitrogens with zero attached hydrogens (tertiary/aromatic N) is 4. The fraction of sp³-hybridized carbons (Fsp3) is 0.533. The molecule has 1 N–H and O–H groups in total. The maximum Gasteiger partial charge on any atom is 0.324 e. The number of hydrogen-bond donors (Lipinski definition) is 1. The topological polar surface area (TPSA) is 70.7 Å². The molecule has 6 nitrogen and oxygen atoms in total. The Balaban J connectivity index is 1.86. The van der Waals surface area contributed by atoms with E-state index in [1.807, 2.05) is 29.8 Å². The van der Waals surface area contributed by atoms with Crippen molar-refractivity contribution in [1.29, 1.82) is 0 Å². The first-order chi connectivity index (χ1) is 10.2. The number of rotatable bonds is 5. The van der Waals surface area contributed by atoms with E-state index in [9.17, 15) is 9.90 Å². The quantitative estimate of drug-likeness (QED) is 0.910. The number of carboxylic acids is 1. The van der Waals surface area contributed by atoms with E-state index in [-0.39, 0.29) is 0 Å². The summed E-state index contributed by atoms with van der Waals surface area (Å²) in [6.45, 7) is 3.42. The average Bonchev–Trinajstić information content (AvgIpc) is 3.04. The van der Waals surface area contributed by atoms with Gasteiger partial charge in [0.1, 0.15) is 5.54 Å². The summed E-state index contributed by atoms with van der Waals surface area (Å²) in [6, 6.07) is 1.85. The van der Waals surface area contributed by atoms with Gasteiger partial charge in [0, 0.05) is 25.1 Å². The molecule has 1 saturated heterocycles. The minimum absolute atomic E-state index is 0.565. The summed E-state index contributed by atoms with van der Waals surface area (Å²) in [5.74, 6) is -0.0492. The third-order valence-corrected chi connectivity index (χ3v) is 4.32. The lowest BCUT2D eigenvalue weighted by Gasteiger charge is -2.34. The van der Waals surface area contributed by atoms with Crippen molar-refractivity contribution in [2.45, 2.75) is 44.7 Å². The predicted molar refractivity (Wildman–Crippen MR) is 77.9 cm³/mol. The Hall–Kier alpha value is -1.95. The SMILES string of the molecule is CCCC1(C(=O)O)CCCN1Cc1cn2cccnc2n1. The predicted octanol–water partition coefficient (Wildman–Crippen LogP) is 1.95. The van der Waals surface area contributed by atoms with E-state index >= 15 is 0 Å². The van der Waals surface area contributed by atoms with Crippen LogP contribution in [0.15, 0.2) is 24.7 Å². The van der Waals surface area contributed by atoms with Crippen LogP contribution in [-0.2, 0) is 11.3 Å². The lowest BCUT2D eigenvalue weighted by molar-refractivity contribution is -0.150. The number of carboxylic acid groups (broad SMARTS) is 1. The third kappa shape index (κ3) is 2.40. The summed E-state index contributed by atoms with van der Waals surface area (Å²) in [7, 11) is 0. The number of hydrogen-bond acceptors (Lipinski definition) is 4. The highest BCUT2D eigenvalue weighted by Crippen LogP contribution is 2.35. The highest BCUT2D eigenvalue weighted by molar-refractivity contribution is 5.79. The zero-order valence-electron chi connectivity index (χ0n) is 12.2. The molecule has 6 heteroatoms. The summed E-state index contributed by atoms with van der Waals surface area (Å²) in [5.41, 5.74) is 0.148. The van der Waals surface area contributed by atoms with E-state index in [4.69, 9.17) is 0 Å². The van der Waals surface area contributed by atoms with E-state index in [2.05, 4.69) is 14.9 Å². The molecule has 1 aliphatic rings. The number of imidazole rings is 1. The fourth-order valence-electron chi connectivity index (χ4n) is 3.36. The molecule has 21 heavy (non-hydrogen) atoms. The van der Waals surface area contributed by atoms with E-state index in [0.717, 1.165) is 31.5 Å². The number of carbonyl (C=O) groups is 1. The molecule has 1 unspecified atom stereocenters. The molecule has 0 aliphatic carbocycles. The van der Waals surface area contributed by atoms with Gasteiger partial charge < -0.3 is 5.11 Å². The fourth-order valence-corrected chi connectivity index (χ4v) is 3.36. The first-order valence-electron chi connectivity index (χ1n) is 7.43. The van der Waals surface area contributed by atoms with Gasteiger partial charge in [0.2, 0.25) is 5.78 Å². The van der Waals surface area contributed by atoms with Gasteiger partial charge in [-0.3, -0.25) is 14.1 Å². The van der Waals surface area contributed by atoms with Crippen LogP contribution in [-0.4, -0.2) is 42.4 Å². The number of likely N-dealkylation sites (tertiary alicyclic amines) is 1. The van der Waals surface area contributed by atoms with Crippen LogP contribution < -0.4 is 0 Å². The van der Waals surface area contributed by atoms with Crippen LogP contribution in [0.5, 0.6) is 0 Å². The Bertz CT molecular complexity index is 621. The monoisotopic (exact) mass is 288 g/mol. The van der Waals surface area contributed by atoms with Gasteiger partial charge in [0.05, 0.1) is 5.69 Å². The number of aromatic nitrogens is 3. The van der Waals surface area contributed by atoms with Crippen LogP contribution in [0.2, 0.25) is 0 Å². The third-order valence-electron chi connectivity index (χ3n) is 4.32. The lowest BCUT2D eigenvalue weighted by atomic mass is 9.90. The largest absolute Gasteiger partial charge is 0.480 e. The van der Waals surface area contributed by atoms with Gasteiger partial charge in [0.25, 0.3) is 0 Å². The lowest BCUT2D eigenvalue weighted by Crippen LogP contribution is -2.50.